The maximum atomic E-state index is 13.0. The molecule has 2 amide bonds. The second-order valence-corrected chi connectivity index (χ2v) is 8.07. The number of rotatable bonds is 7. The van der Waals surface area contributed by atoms with Crippen molar-refractivity contribution in [1.29, 1.82) is 0 Å². The van der Waals surface area contributed by atoms with Crippen molar-refractivity contribution in [3.8, 4) is 0 Å². The number of aryl methyl sites for hydroxylation is 1. The van der Waals surface area contributed by atoms with Crippen molar-refractivity contribution in [2.24, 2.45) is 0 Å². The predicted molar refractivity (Wildman–Crippen MR) is 123 cm³/mol. The quantitative estimate of drug-likeness (QED) is 0.668. The molecule has 0 bridgehead atoms. The molecule has 32 heavy (non-hydrogen) atoms. The molecule has 1 aliphatic heterocycles. The Balaban J connectivity index is 1.85. The fourth-order valence-electron chi connectivity index (χ4n) is 4.02. The summed E-state index contributed by atoms with van der Waals surface area (Å²) in [6.45, 7) is 7.42. The average molecular weight is 435 g/mol. The molecule has 2 atom stereocenters. The SMILES string of the molecule is CCOC(=O)C1=C(C)N(CC(=O)NC(C)c2ccccc2)C(=O)CC1c1ccc(C)cc1. The van der Waals surface area contributed by atoms with E-state index in [-0.39, 0.29) is 37.4 Å². The number of amides is 2. The summed E-state index contributed by atoms with van der Waals surface area (Å²) in [4.78, 5) is 40.0. The molecule has 1 heterocycles. The lowest BCUT2D eigenvalue weighted by atomic mass is 9.83. The Morgan fingerprint density at radius 2 is 1.75 bits per heavy atom. The normalized spacial score (nSPS) is 17.2. The summed E-state index contributed by atoms with van der Waals surface area (Å²) >= 11 is 0. The molecular formula is C26H30N2O4. The van der Waals surface area contributed by atoms with Gasteiger partial charge in [-0.15, -0.1) is 0 Å². The first kappa shape index (κ1) is 23.3. The van der Waals surface area contributed by atoms with Gasteiger partial charge in [-0.3, -0.25) is 9.59 Å². The third kappa shape index (κ3) is 5.25. The Labute approximate surface area is 189 Å². The summed E-state index contributed by atoms with van der Waals surface area (Å²) in [5.74, 6) is -1.33. The van der Waals surface area contributed by atoms with E-state index in [0.29, 0.717) is 11.3 Å². The van der Waals surface area contributed by atoms with Gasteiger partial charge in [0, 0.05) is 18.0 Å². The zero-order valence-corrected chi connectivity index (χ0v) is 19.1. The van der Waals surface area contributed by atoms with Gasteiger partial charge in [-0.2, -0.15) is 0 Å². The van der Waals surface area contributed by atoms with Crippen LogP contribution in [-0.2, 0) is 19.1 Å². The fraction of sp³-hybridized carbons (Fsp3) is 0.346. The molecule has 6 heteroatoms. The fourth-order valence-corrected chi connectivity index (χ4v) is 4.02. The van der Waals surface area contributed by atoms with Crippen LogP contribution in [0.5, 0.6) is 0 Å². The van der Waals surface area contributed by atoms with Crippen LogP contribution in [0.1, 0.15) is 55.8 Å². The Kier molecular flexibility index (Phi) is 7.46. The highest BCUT2D eigenvalue weighted by atomic mass is 16.5. The number of esters is 1. The molecule has 1 N–H and O–H groups in total. The summed E-state index contributed by atoms with van der Waals surface area (Å²) in [6.07, 6.45) is 0.107. The van der Waals surface area contributed by atoms with Gasteiger partial charge in [0.2, 0.25) is 11.8 Å². The van der Waals surface area contributed by atoms with Crippen LogP contribution < -0.4 is 5.32 Å². The maximum absolute atomic E-state index is 13.0. The van der Waals surface area contributed by atoms with Crippen LogP contribution in [0, 0.1) is 6.92 Å². The molecular weight excluding hydrogens is 404 g/mol. The highest BCUT2D eigenvalue weighted by Crippen LogP contribution is 2.37. The maximum Gasteiger partial charge on any atom is 0.336 e. The van der Waals surface area contributed by atoms with E-state index in [1.807, 2.05) is 68.4 Å². The number of nitrogens with zero attached hydrogens (tertiary/aromatic N) is 1. The van der Waals surface area contributed by atoms with Gasteiger partial charge in [0.05, 0.1) is 18.2 Å². The van der Waals surface area contributed by atoms with E-state index in [2.05, 4.69) is 5.32 Å². The van der Waals surface area contributed by atoms with Gasteiger partial charge in [0.15, 0.2) is 0 Å². The number of nitrogens with one attached hydrogen (secondary N) is 1. The third-order valence-electron chi connectivity index (χ3n) is 5.78. The topological polar surface area (TPSA) is 75.7 Å². The van der Waals surface area contributed by atoms with Crippen LogP contribution in [0.2, 0.25) is 0 Å². The lowest BCUT2D eigenvalue weighted by molar-refractivity contribution is -0.141. The molecule has 1 aliphatic rings. The Morgan fingerprint density at radius 3 is 2.38 bits per heavy atom. The molecule has 2 aromatic carbocycles. The van der Waals surface area contributed by atoms with Crippen molar-refractivity contribution >= 4 is 17.8 Å². The minimum atomic E-state index is -0.453. The molecule has 0 aliphatic carbocycles. The van der Waals surface area contributed by atoms with Crippen LogP contribution in [0.25, 0.3) is 0 Å². The van der Waals surface area contributed by atoms with Gasteiger partial charge in [-0.25, -0.2) is 4.79 Å². The van der Waals surface area contributed by atoms with E-state index in [9.17, 15) is 14.4 Å². The van der Waals surface area contributed by atoms with Crippen molar-refractivity contribution < 1.29 is 19.1 Å². The lowest BCUT2D eigenvalue weighted by Gasteiger charge is -2.34. The minimum Gasteiger partial charge on any atom is -0.463 e. The van der Waals surface area contributed by atoms with Crippen LogP contribution >= 0.6 is 0 Å². The van der Waals surface area contributed by atoms with Crippen LogP contribution in [-0.4, -0.2) is 35.8 Å². The van der Waals surface area contributed by atoms with E-state index in [4.69, 9.17) is 4.74 Å². The molecule has 168 valence electrons. The Hall–Kier alpha value is -3.41. The summed E-state index contributed by atoms with van der Waals surface area (Å²) < 4.78 is 5.30. The smallest absolute Gasteiger partial charge is 0.336 e. The molecule has 0 saturated heterocycles. The Bertz CT molecular complexity index is 1010. The van der Waals surface area contributed by atoms with Crippen molar-refractivity contribution in [3.05, 3.63) is 82.6 Å². The zero-order chi connectivity index (χ0) is 23.3. The second-order valence-electron chi connectivity index (χ2n) is 8.07. The van der Waals surface area contributed by atoms with E-state index < -0.39 is 11.9 Å². The van der Waals surface area contributed by atoms with Gasteiger partial charge in [0.1, 0.15) is 6.54 Å². The number of allylic oxidation sites excluding steroid dienone is 1. The summed E-state index contributed by atoms with van der Waals surface area (Å²) in [7, 11) is 0. The number of benzene rings is 2. The number of carbonyl (C=O) groups is 3. The molecule has 0 radical (unpaired) electrons. The second kappa shape index (κ2) is 10.3. The summed E-state index contributed by atoms with van der Waals surface area (Å²) in [6, 6.07) is 17.2. The first-order chi connectivity index (χ1) is 15.3. The predicted octanol–water partition coefficient (Wildman–Crippen LogP) is 4.03. The standard InChI is InChI=1S/C26H30N2O4/c1-5-32-26(31)25-19(4)28(16-23(29)27-18(3)20-9-7-6-8-10-20)24(30)15-22(25)21-13-11-17(2)12-14-21/h6-14,18,22H,5,15-16H2,1-4H3,(H,27,29). The van der Waals surface area contributed by atoms with Crippen molar-refractivity contribution in [1.82, 2.24) is 10.2 Å². The van der Waals surface area contributed by atoms with Gasteiger partial charge in [0.25, 0.3) is 0 Å². The lowest BCUT2D eigenvalue weighted by Crippen LogP contribution is -2.44. The van der Waals surface area contributed by atoms with Gasteiger partial charge in [-0.1, -0.05) is 60.2 Å². The molecule has 2 aromatic rings. The summed E-state index contributed by atoms with van der Waals surface area (Å²) in [5.41, 5.74) is 3.85. The van der Waals surface area contributed by atoms with Gasteiger partial charge >= 0.3 is 5.97 Å². The van der Waals surface area contributed by atoms with E-state index >= 15 is 0 Å². The number of hydrogen-bond acceptors (Lipinski definition) is 4. The monoisotopic (exact) mass is 434 g/mol. The average Bonchev–Trinajstić information content (AvgIpc) is 2.77. The van der Waals surface area contributed by atoms with Crippen molar-refractivity contribution in [2.45, 2.75) is 46.1 Å². The molecule has 0 saturated carbocycles. The highest BCUT2D eigenvalue weighted by molar-refractivity contribution is 5.97. The largest absolute Gasteiger partial charge is 0.463 e. The van der Waals surface area contributed by atoms with E-state index in [1.54, 1.807) is 13.8 Å². The van der Waals surface area contributed by atoms with Crippen molar-refractivity contribution in [2.75, 3.05) is 13.2 Å². The van der Waals surface area contributed by atoms with E-state index in [0.717, 1.165) is 16.7 Å². The molecule has 3 rings (SSSR count). The van der Waals surface area contributed by atoms with Gasteiger partial charge < -0.3 is 15.0 Å². The highest BCUT2D eigenvalue weighted by Gasteiger charge is 2.37. The zero-order valence-electron chi connectivity index (χ0n) is 19.1. The molecule has 2 unspecified atom stereocenters. The van der Waals surface area contributed by atoms with E-state index in [1.165, 1.54) is 4.90 Å². The van der Waals surface area contributed by atoms with Gasteiger partial charge in [-0.05, 0) is 38.8 Å². The Morgan fingerprint density at radius 1 is 1.09 bits per heavy atom. The molecule has 0 aromatic heterocycles. The number of ether oxygens (including phenoxy) is 1. The number of carbonyl (C=O) groups excluding carboxylic acids is 3. The molecule has 0 fully saturated rings. The third-order valence-corrected chi connectivity index (χ3v) is 5.78. The minimum absolute atomic E-state index is 0.107. The molecule has 0 spiro atoms. The number of hydrogen-bond donors (Lipinski definition) is 1. The molecule has 6 nitrogen and oxygen atoms in total. The summed E-state index contributed by atoms with van der Waals surface area (Å²) in [5, 5.41) is 2.93. The van der Waals surface area contributed by atoms with Crippen molar-refractivity contribution in [3.63, 3.8) is 0 Å². The van der Waals surface area contributed by atoms with Crippen LogP contribution in [0.4, 0.5) is 0 Å². The first-order valence-electron chi connectivity index (χ1n) is 10.9. The van der Waals surface area contributed by atoms with Crippen LogP contribution in [0.3, 0.4) is 0 Å². The van der Waals surface area contributed by atoms with Crippen LogP contribution in [0.15, 0.2) is 65.9 Å². The first-order valence-corrected chi connectivity index (χ1v) is 10.9.